The van der Waals surface area contributed by atoms with Gasteiger partial charge in [-0.1, -0.05) is 35.6 Å². The van der Waals surface area contributed by atoms with E-state index in [1.807, 2.05) is 38.2 Å². The number of fused-ring (bicyclic) bond motifs is 1. The molecule has 166 valence electrons. The Labute approximate surface area is 197 Å². The Balaban J connectivity index is 1.38. The smallest absolute Gasteiger partial charge is 0.148 e. The topological polar surface area (TPSA) is 83.2 Å². The van der Waals surface area contributed by atoms with E-state index >= 15 is 0 Å². The third-order valence-corrected chi connectivity index (χ3v) is 6.91. The molecule has 0 fully saturated rings. The Bertz CT molecular complexity index is 1280. The normalized spacial score (nSPS) is 16.7. The zero-order chi connectivity index (χ0) is 22.8. The van der Waals surface area contributed by atoms with Crippen LogP contribution in [-0.2, 0) is 6.42 Å². The number of nitrogens with one attached hydrogen (secondary N) is 1. The highest BCUT2D eigenvalue weighted by Gasteiger charge is 2.26. The second kappa shape index (κ2) is 9.26. The molecule has 1 aliphatic carbocycles. The molecule has 0 spiro atoms. The molecule has 0 unspecified atom stereocenters. The fraction of sp³-hybridized carbons (Fsp3) is 0.308. The van der Waals surface area contributed by atoms with Crippen LogP contribution in [0.4, 0.5) is 0 Å². The van der Waals surface area contributed by atoms with Crippen LogP contribution in [0.3, 0.4) is 0 Å². The van der Waals surface area contributed by atoms with E-state index in [2.05, 4.69) is 50.9 Å². The molecule has 2 heterocycles. The maximum atomic E-state index is 9.55. The molecule has 3 aromatic rings. The van der Waals surface area contributed by atoms with Crippen LogP contribution in [-0.4, -0.2) is 28.6 Å². The van der Waals surface area contributed by atoms with Crippen molar-refractivity contribution in [3.63, 3.8) is 0 Å². The van der Waals surface area contributed by atoms with E-state index in [9.17, 15) is 5.26 Å². The van der Waals surface area contributed by atoms with Crippen molar-refractivity contribution in [1.82, 2.24) is 15.5 Å². The summed E-state index contributed by atoms with van der Waals surface area (Å²) < 4.78 is 5.74. The van der Waals surface area contributed by atoms with Gasteiger partial charge in [0.1, 0.15) is 21.8 Å². The van der Waals surface area contributed by atoms with Crippen molar-refractivity contribution in [1.29, 1.82) is 5.26 Å². The Hall–Kier alpha value is -3.34. The molecule has 33 heavy (non-hydrogen) atoms. The van der Waals surface area contributed by atoms with Crippen LogP contribution in [0, 0.1) is 11.3 Å². The Morgan fingerprint density at radius 1 is 1.21 bits per heavy atom. The van der Waals surface area contributed by atoms with Crippen molar-refractivity contribution >= 4 is 17.0 Å². The summed E-state index contributed by atoms with van der Waals surface area (Å²) in [5.41, 5.74) is 6.43. The molecule has 1 N–H and O–H groups in total. The van der Waals surface area contributed by atoms with Crippen LogP contribution in [0.1, 0.15) is 49.4 Å². The number of nitrogens with zero attached hydrogens (tertiary/aromatic N) is 4. The highest BCUT2D eigenvalue weighted by atomic mass is 32.1. The average molecular weight is 456 g/mol. The quantitative estimate of drug-likeness (QED) is 0.511. The molecular weight excluding hydrogens is 430 g/mol. The molecule has 5 rings (SSSR count). The number of nitriles is 1. The lowest BCUT2D eigenvalue weighted by Crippen LogP contribution is -2.25. The van der Waals surface area contributed by atoms with Crippen molar-refractivity contribution in [3.8, 4) is 33.0 Å². The minimum atomic E-state index is 0.0115. The zero-order valence-corrected chi connectivity index (χ0v) is 19.5. The minimum Gasteiger partial charge on any atom is -0.490 e. The summed E-state index contributed by atoms with van der Waals surface area (Å²) in [5.74, 6) is 0.597. The lowest BCUT2D eigenvalue weighted by atomic mass is 10.0. The van der Waals surface area contributed by atoms with Crippen LogP contribution >= 0.6 is 11.3 Å². The number of hydrogen-bond acceptors (Lipinski definition) is 7. The Kier molecular flexibility index (Phi) is 6.03. The number of hydrogen-bond donors (Lipinski definition) is 1. The first-order chi connectivity index (χ1) is 16.1. The third-order valence-electron chi connectivity index (χ3n) is 5.90. The first-order valence-electron chi connectivity index (χ1n) is 11.2. The molecule has 6 nitrogen and oxygen atoms in total. The summed E-state index contributed by atoms with van der Waals surface area (Å²) in [6, 6.07) is 14.6. The van der Waals surface area contributed by atoms with Gasteiger partial charge < -0.3 is 10.1 Å². The lowest BCUT2D eigenvalue weighted by molar-refractivity contribution is 0.242. The second-order valence-corrected chi connectivity index (χ2v) is 9.51. The molecule has 1 aliphatic heterocycles. The van der Waals surface area contributed by atoms with E-state index in [4.69, 9.17) is 4.74 Å². The lowest BCUT2D eigenvalue weighted by Gasteiger charge is -2.14. The molecule has 2 aliphatic rings. The predicted molar refractivity (Wildman–Crippen MR) is 132 cm³/mol. The van der Waals surface area contributed by atoms with E-state index < -0.39 is 0 Å². The molecule has 2 aromatic carbocycles. The first-order valence-corrected chi connectivity index (χ1v) is 12.0. The zero-order valence-electron chi connectivity index (χ0n) is 18.7. The van der Waals surface area contributed by atoms with Crippen molar-refractivity contribution in [2.45, 2.75) is 45.3 Å². The SMILES string of the molecule is CC(C)Oc1ccc(-c2nnc(-c3cccc4c3CC[C@@H]4NCC3=NC=CC3)s2)cc1C#N. The third kappa shape index (κ3) is 4.45. The molecule has 0 amide bonds. The standard InChI is InChI=1S/C26H25N5OS/c1-16(2)32-24-11-8-17(13-18(24)14-27)25-30-31-26(33-25)22-7-3-6-21-20(22)9-10-23(21)29-15-19-5-4-12-28-19/h3-4,6-8,11-13,16,23,29H,5,9-10,15H2,1-2H3/t23-/m0/s1. The van der Waals surface area contributed by atoms with Crippen LogP contribution in [0.15, 0.2) is 53.7 Å². The highest BCUT2D eigenvalue weighted by Crippen LogP contribution is 2.40. The van der Waals surface area contributed by atoms with Gasteiger partial charge in [-0.3, -0.25) is 4.99 Å². The highest BCUT2D eigenvalue weighted by molar-refractivity contribution is 7.17. The van der Waals surface area contributed by atoms with Crippen molar-refractivity contribution in [2.75, 3.05) is 6.54 Å². The first kappa shape index (κ1) is 21.5. The van der Waals surface area contributed by atoms with Gasteiger partial charge in [-0.25, -0.2) is 0 Å². The van der Waals surface area contributed by atoms with E-state index in [1.54, 1.807) is 11.3 Å². The summed E-state index contributed by atoms with van der Waals surface area (Å²) in [6.45, 7) is 4.72. The van der Waals surface area contributed by atoms with Gasteiger partial charge in [0.15, 0.2) is 0 Å². The van der Waals surface area contributed by atoms with E-state index in [0.29, 0.717) is 17.4 Å². The summed E-state index contributed by atoms with van der Waals surface area (Å²) in [4.78, 5) is 4.41. The monoisotopic (exact) mass is 455 g/mol. The van der Waals surface area contributed by atoms with Gasteiger partial charge in [-0.15, -0.1) is 10.2 Å². The van der Waals surface area contributed by atoms with Gasteiger partial charge in [-0.05, 0) is 56.0 Å². The molecule has 0 radical (unpaired) electrons. The second-order valence-electron chi connectivity index (χ2n) is 8.53. The Morgan fingerprint density at radius 2 is 2.09 bits per heavy atom. The van der Waals surface area contributed by atoms with Crippen LogP contribution in [0.5, 0.6) is 5.75 Å². The summed E-state index contributed by atoms with van der Waals surface area (Å²) in [6.07, 6.45) is 7.02. The van der Waals surface area contributed by atoms with Crippen LogP contribution < -0.4 is 10.1 Å². The maximum absolute atomic E-state index is 9.55. The average Bonchev–Trinajstić information content (AvgIpc) is 3.58. The summed E-state index contributed by atoms with van der Waals surface area (Å²) in [7, 11) is 0. The minimum absolute atomic E-state index is 0.0115. The van der Waals surface area contributed by atoms with Crippen LogP contribution in [0.25, 0.3) is 21.1 Å². The Morgan fingerprint density at radius 3 is 2.88 bits per heavy atom. The maximum Gasteiger partial charge on any atom is 0.148 e. The predicted octanol–water partition coefficient (Wildman–Crippen LogP) is 5.47. The summed E-state index contributed by atoms with van der Waals surface area (Å²) in [5, 5.41) is 23.9. The van der Waals surface area contributed by atoms with Gasteiger partial charge in [0, 0.05) is 42.0 Å². The van der Waals surface area contributed by atoms with E-state index in [0.717, 1.165) is 46.9 Å². The van der Waals surface area contributed by atoms with Crippen molar-refractivity contribution < 1.29 is 4.74 Å². The molecule has 0 saturated carbocycles. The molecule has 1 aromatic heterocycles. The van der Waals surface area contributed by atoms with Crippen molar-refractivity contribution in [2.24, 2.45) is 4.99 Å². The largest absolute Gasteiger partial charge is 0.490 e. The van der Waals surface area contributed by atoms with E-state index in [-0.39, 0.29) is 6.10 Å². The number of aromatic nitrogens is 2. The van der Waals surface area contributed by atoms with Gasteiger partial charge in [0.25, 0.3) is 0 Å². The van der Waals surface area contributed by atoms with Gasteiger partial charge in [0.05, 0.1) is 11.7 Å². The number of allylic oxidation sites excluding steroid dienone is 1. The fourth-order valence-electron chi connectivity index (χ4n) is 4.38. The van der Waals surface area contributed by atoms with Crippen molar-refractivity contribution in [3.05, 3.63) is 65.4 Å². The van der Waals surface area contributed by atoms with Gasteiger partial charge in [-0.2, -0.15) is 5.26 Å². The number of ether oxygens (including phenoxy) is 1. The number of rotatable bonds is 7. The molecule has 0 bridgehead atoms. The molecule has 7 heteroatoms. The number of benzene rings is 2. The van der Waals surface area contributed by atoms with E-state index in [1.165, 1.54) is 16.8 Å². The molecule has 1 atom stereocenters. The molecular formula is C26H25N5OS. The van der Waals surface area contributed by atoms with Crippen LogP contribution in [0.2, 0.25) is 0 Å². The van der Waals surface area contributed by atoms with Gasteiger partial charge >= 0.3 is 0 Å². The molecule has 0 saturated heterocycles. The fourth-order valence-corrected chi connectivity index (χ4v) is 5.27. The summed E-state index contributed by atoms with van der Waals surface area (Å²) >= 11 is 1.56. The van der Waals surface area contributed by atoms with Gasteiger partial charge in [0.2, 0.25) is 0 Å². The number of aliphatic imine (C=N–C) groups is 1.